The Morgan fingerprint density at radius 1 is 1.24 bits per heavy atom. The lowest BCUT2D eigenvalue weighted by Gasteiger charge is -2.18. The molecule has 1 N–H and O–H groups in total. The number of hydrogen-bond acceptors (Lipinski definition) is 6. The molecule has 0 aliphatic carbocycles. The highest BCUT2D eigenvalue weighted by atomic mass is 16.4. The Labute approximate surface area is 125 Å². The van der Waals surface area contributed by atoms with Crippen LogP contribution in [-0.4, -0.2) is 34.3 Å². The molecule has 114 valence electrons. The van der Waals surface area contributed by atoms with Crippen LogP contribution in [0.2, 0.25) is 0 Å². The van der Waals surface area contributed by atoms with Crippen LogP contribution in [0.15, 0.2) is 28.8 Å². The number of hydrogen-bond donors (Lipinski definition) is 1. The summed E-state index contributed by atoms with van der Waals surface area (Å²) in [6.45, 7) is 7.66. The smallest absolute Gasteiger partial charge is 0.317 e. The van der Waals surface area contributed by atoms with Crippen molar-refractivity contribution in [3.63, 3.8) is 0 Å². The van der Waals surface area contributed by atoms with Crippen LogP contribution in [0, 0.1) is 0 Å². The lowest BCUT2D eigenvalue weighted by molar-refractivity contribution is 0.381. The average Bonchev–Trinajstić information content (AvgIpc) is 2.92. The summed E-state index contributed by atoms with van der Waals surface area (Å²) >= 11 is 0. The summed E-state index contributed by atoms with van der Waals surface area (Å²) < 4.78 is 5.65. The minimum atomic E-state index is 0.0273. The highest BCUT2D eigenvalue weighted by Crippen LogP contribution is 2.12. The molecule has 21 heavy (non-hydrogen) atoms. The van der Waals surface area contributed by atoms with E-state index in [1.54, 1.807) is 6.20 Å². The van der Waals surface area contributed by atoms with Gasteiger partial charge in [0.25, 0.3) is 0 Å². The molecule has 0 radical (unpaired) electrons. The minimum Gasteiger partial charge on any atom is -0.407 e. The number of nitrogens with zero attached hydrogens (tertiary/aromatic N) is 4. The third-order valence-electron chi connectivity index (χ3n) is 2.98. The second kappa shape index (κ2) is 6.67. The van der Waals surface area contributed by atoms with Gasteiger partial charge in [-0.05, 0) is 32.9 Å². The van der Waals surface area contributed by atoms with E-state index in [0.717, 1.165) is 18.7 Å². The first-order valence-electron chi connectivity index (χ1n) is 7.12. The molecular weight excluding hydrogens is 266 g/mol. The Morgan fingerprint density at radius 2 is 2.05 bits per heavy atom. The molecule has 2 aromatic rings. The van der Waals surface area contributed by atoms with Crippen molar-refractivity contribution >= 4 is 6.01 Å². The first-order chi connectivity index (χ1) is 9.94. The summed E-state index contributed by atoms with van der Waals surface area (Å²) in [5.41, 5.74) is 1.08. The van der Waals surface area contributed by atoms with Gasteiger partial charge in [0, 0.05) is 37.4 Å². The van der Waals surface area contributed by atoms with Gasteiger partial charge in [0.05, 0.1) is 6.54 Å². The number of aromatic nitrogens is 3. The van der Waals surface area contributed by atoms with Gasteiger partial charge in [0.2, 0.25) is 5.89 Å². The van der Waals surface area contributed by atoms with Crippen LogP contribution in [0.3, 0.4) is 0 Å². The third-order valence-corrected chi connectivity index (χ3v) is 2.98. The van der Waals surface area contributed by atoms with E-state index in [0.29, 0.717) is 18.5 Å². The Bertz CT molecular complexity index is 547. The molecule has 0 saturated carbocycles. The van der Waals surface area contributed by atoms with Crippen molar-refractivity contribution in [2.75, 3.05) is 18.5 Å². The molecule has 6 nitrogen and oxygen atoms in total. The zero-order valence-corrected chi connectivity index (χ0v) is 13.1. The van der Waals surface area contributed by atoms with Gasteiger partial charge in [0.1, 0.15) is 0 Å². The van der Waals surface area contributed by atoms with E-state index in [4.69, 9.17) is 4.42 Å². The lowest BCUT2D eigenvalue weighted by atomic mass is 10.1. The van der Waals surface area contributed by atoms with Crippen molar-refractivity contribution in [2.45, 2.75) is 39.3 Å². The van der Waals surface area contributed by atoms with Gasteiger partial charge in [-0.3, -0.25) is 4.98 Å². The summed E-state index contributed by atoms with van der Waals surface area (Å²) in [6.07, 6.45) is 2.65. The van der Waals surface area contributed by atoms with Crippen molar-refractivity contribution < 1.29 is 4.42 Å². The van der Waals surface area contributed by atoms with Gasteiger partial charge < -0.3 is 14.6 Å². The second-order valence-electron chi connectivity index (χ2n) is 6.07. The Kier molecular flexibility index (Phi) is 4.90. The average molecular weight is 289 g/mol. The standard InChI is InChI=1S/C15H23N5O/c1-15(2,3)17-11-13-18-19-14(21-13)20(4)10-8-12-7-5-6-9-16-12/h5-7,9,17H,8,10-11H2,1-4H3. The summed E-state index contributed by atoms with van der Waals surface area (Å²) in [6, 6.07) is 6.46. The van der Waals surface area contributed by atoms with Crippen LogP contribution in [-0.2, 0) is 13.0 Å². The highest BCUT2D eigenvalue weighted by Gasteiger charge is 2.14. The van der Waals surface area contributed by atoms with Crippen LogP contribution < -0.4 is 10.2 Å². The van der Waals surface area contributed by atoms with E-state index in [1.807, 2.05) is 30.1 Å². The molecule has 0 aliphatic heterocycles. The quantitative estimate of drug-likeness (QED) is 0.877. The molecule has 2 aromatic heterocycles. The molecule has 2 heterocycles. The van der Waals surface area contributed by atoms with Crippen LogP contribution in [0.25, 0.3) is 0 Å². The van der Waals surface area contributed by atoms with Crippen LogP contribution in [0.5, 0.6) is 0 Å². The Balaban J connectivity index is 1.85. The van der Waals surface area contributed by atoms with Crippen molar-refractivity contribution in [2.24, 2.45) is 0 Å². The number of likely N-dealkylation sites (N-methyl/N-ethyl adjacent to an activating group) is 1. The van der Waals surface area contributed by atoms with E-state index in [9.17, 15) is 0 Å². The molecule has 0 fully saturated rings. The highest BCUT2D eigenvalue weighted by molar-refractivity contribution is 5.22. The van der Waals surface area contributed by atoms with Crippen molar-refractivity contribution in [3.8, 4) is 0 Å². The van der Waals surface area contributed by atoms with Crippen LogP contribution >= 0.6 is 0 Å². The summed E-state index contributed by atoms with van der Waals surface area (Å²) in [4.78, 5) is 6.25. The van der Waals surface area contributed by atoms with E-state index in [-0.39, 0.29) is 5.54 Å². The summed E-state index contributed by atoms with van der Waals surface area (Å²) in [5, 5.41) is 11.5. The molecule has 0 aromatic carbocycles. The van der Waals surface area contributed by atoms with E-state index in [2.05, 4.69) is 41.3 Å². The molecule has 6 heteroatoms. The van der Waals surface area contributed by atoms with Gasteiger partial charge >= 0.3 is 6.01 Å². The number of pyridine rings is 1. The predicted molar refractivity (Wildman–Crippen MR) is 82.1 cm³/mol. The number of nitrogens with one attached hydrogen (secondary N) is 1. The van der Waals surface area contributed by atoms with Crippen LogP contribution in [0.4, 0.5) is 6.01 Å². The van der Waals surface area contributed by atoms with Gasteiger partial charge in [-0.25, -0.2) is 0 Å². The summed E-state index contributed by atoms with van der Waals surface area (Å²) in [5.74, 6) is 0.601. The molecule has 0 aliphatic rings. The summed E-state index contributed by atoms with van der Waals surface area (Å²) in [7, 11) is 1.94. The van der Waals surface area contributed by atoms with Crippen molar-refractivity contribution in [1.82, 2.24) is 20.5 Å². The molecule has 0 amide bonds. The number of rotatable bonds is 6. The normalized spacial score (nSPS) is 11.6. The van der Waals surface area contributed by atoms with Crippen LogP contribution in [0.1, 0.15) is 32.4 Å². The first kappa shape index (κ1) is 15.4. The third kappa shape index (κ3) is 5.15. The molecule has 0 atom stereocenters. The zero-order chi connectivity index (χ0) is 15.3. The first-order valence-corrected chi connectivity index (χ1v) is 7.12. The van der Waals surface area contributed by atoms with Crippen molar-refractivity contribution in [3.05, 3.63) is 36.0 Å². The maximum atomic E-state index is 5.65. The SMILES string of the molecule is CN(CCc1ccccn1)c1nnc(CNC(C)(C)C)o1. The van der Waals surface area contributed by atoms with E-state index >= 15 is 0 Å². The minimum absolute atomic E-state index is 0.0273. The van der Waals surface area contributed by atoms with E-state index in [1.165, 1.54) is 0 Å². The maximum absolute atomic E-state index is 5.65. The fraction of sp³-hybridized carbons (Fsp3) is 0.533. The topological polar surface area (TPSA) is 67.1 Å². The molecule has 0 bridgehead atoms. The number of anilines is 1. The molecule has 2 rings (SSSR count). The lowest BCUT2D eigenvalue weighted by Crippen LogP contribution is -2.35. The largest absolute Gasteiger partial charge is 0.407 e. The molecule has 0 unspecified atom stereocenters. The van der Waals surface area contributed by atoms with Crippen molar-refractivity contribution in [1.29, 1.82) is 0 Å². The Hall–Kier alpha value is -1.95. The monoisotopic (exact) mass is 289 g/mol. The predicted octanol–water partition coefficient (Wildman–Crippen LogP) is 2.03. The van der Waals surface area contributed by atoms with Gasteiger partial charge in [-0.2, -0.15) is 0 Å². The zero-order valence-electron chi connectivity index (χ0n) is 13.1. The molecule has 0 saturated heterocycles. The second-order valence-corrected chi connectivity index (χ2v) is 6.07. The maximum Gasteiger partial charge on any atom is 0.317 e. The van der Waals surface area contributed by atoms with Gasteiger partial charge in [-0.1, -0.05) is 11.2 Å². The fourth-order valence-corrected chi connectivity index (χ4v) is 1.74. The molecular formula is C15H23N5O. The van der Waals surface area contributed by atoms with E-state index < -0.39 is 0 Å². The van der Waals surface area contributed by atoms with Gasteiger partial charge in [-0.15, -0.1) is 5.10 Å². The molecule has 0 spiro atoms. The fourth-order valence-electron chi connectivity index (χ4n) is 1.74. The van der Waals surface area contributed by atoms with Gasteiger partial charge in [0.15, 0.2) is 0 Å². The Morgan fingerprint density at radius 3 is 2.71 bits per heavy atom.